The third-order valence-electron chi connectivity index (χ3n) is 1.73. The molecule has 14 heavy (non-hydrogen) atoms. The lowest BCUT2D eigenvalue weighted by molar-refractivity contribution is -0.126. The zero-order chi connectivity index (χ0) is 10.6. The number of nitrogens with zero attached hydrogens (tertiary/aromatic N) is 1. The van der Waals surface area contributed by atoms with Crippen molar-refractivity contribution >= 4 is 11.9 Å². The molecule has 0 radical (unpaired) electrons. The van der Waals surface area contributed by atoms with E-state index in [2.05, 4.69) is 15.3 Å². The summed E-state index contributed by atoms with van der Waals surface area (Å²) in [5.41, 5.74) is 0.907. The Kier molecular flexibility index (Phi) is 3.64. The Morgan fingerprint density at radius 1 is 1.79 bits per heavy atom. The molecule has 2 N–H and O–H groups in total. The number of amides is 1. The fourth-order valence-corrected chi connectivity index (χ4v) is 1.02. The highest BCUT2D eigenvalue weighted by Crippen LogP contribution is 2.02. The maximum atomic E-state index is 11.4. The van der Waals surface area contributed by atoms with Crippen LogP contribution in [0, 0.1) is 6.92 Å². The number of aromatic amines is 1. The summed E-state index contributed by atoms with van der Waals surface area (Å²) in [5.74, 6) is 0.264. The first-order valence-corrected chi connectivity index (χ1v) is 4.57. The van der Waals surface area contributed by atoms with Crippen LogP contribution in [0.5, 0.6) is 0 Å². The topological polar surface area (TPSA) is 67.0 Å². The molecule has 78 valence electrons. The summed E-state index contributed by atoms with van der Waals surface area (Å²) < 4.78 is 5.13. The van der Waals surface area contributed by atoms with Gasteiger partial charge in [0.2, 0.25) is 5.95 Å². The van der Waals surface area contributed by atoms with Crippen LogP contribution in [0.25, 0.3) is 0 Å². The normalized spacial score (nSPS) is 12.5. The molecule has 0 fully saturated rings. The molecule has 0 saturated carbocycles. The van der Waals surface area contributed by atoms with E-state index >= 15 is 0 Å². The van der Waals surface area contributed by atoms with E-state index in [1.807, 2.05) is 13.8 Å². The van der Waals surface area contributed by atoms with Crippen LogP contribution in [0.2, 0.25) is 0 Å². The first kappa shape index (κ1) is 10.7. The van der Waals surface area contributed by atoms with Crippen LogP contribution in [0.4, 0.5) is 5.95 Å². The third-order valence-corrected chi connectivity index (χ3v) is 1.73. The number of ether oxygens (including phenoxy) is 1. The van der Waals surface area contributed by atoms with Crippen LogP contribution in [0.1, 0.15) is 19.5 Å². The van der Waals surface area contributed by atoms with E-state index in [-0.39, 0.29) is 5.91 Å². The van der Waals surface area contributed by atoms with Gasteiger partial charge in [-0.3, -0.25) is 10.1 Å². The van der Waals surface area contributed by atoms with Crippen LogP contribution in [0.3, 0.4) is 0 Å². The fourth-order valence-electron chi connectivity index (χ4n) is 1.02. The molecule has 5 heteroatoms. The Bertz CT molecular complexity index is 309. The van der Waals surface area contributed by atoms with Crippen molar-refractivity contribution in [2.24, 2.45) is 0 Å². The standard InChI is InChI=1S/C9H15N3O2/c1-4-14-7(3)8(13)12-9-10-5-6(2)11-9/h5,7H,4H2,1-3H3,(H2,10,11,12,13)/t7-/m1/s1. The highest BCUT2D eigenvalue weighted by atomic mass is 16.5. The highest BCUT2D eigenvalue weighted by molar-refractivity contribution is 5.92. The number of hydrogen-bond donors (Lipinski definition) is 2. The van der Waals surface area contributed by atoms with Crippen molar-refractivity contribution < 1.29 is 9.53 Å². The van der Waals surface area contributed by atoms with Gasteiger partial charge in [0.15, 0.2) is 0 Å². The first-order chi connectivity index (χ1) is 6.63. The van der Waals surface area contributed by atoms with Gasteiger partial charge < -0.3 is 9.72 Å². The largest absolute Gasteiger partial charge is 0.369 e. The summed E-state index contributed by atoms with van der Waals surface area (Å²) in [4.78, 5) is 18.3. The maximum absolute atomic E-state index is 11.4. The molecule has 1 atom stereocenters. The summed E-state index contributed by atoms with van der Waals surface area (Å²) >= 11 is 0. The van der Waals surface area contributed by atoms with Gasteiger partial charge in [-0.05, 0) is 20.8 Å². The summed E-state index contributed by atoms with van der Waals surface area (Å²) in [6.45, 7) is 5.94. The highest BCUT2D eigenvalue weighted by Gasteiger charge is 2.13. The molecule has 1 aromatic heterocycles. The van der Waals surface area contributed by atoms with Crippen LogP contribution < -0.4 is 5.32 Å². The molecule has 1 rings (SSSR count). The predicted molar refractivity (Wildman–Crippen MR) is 53.0 cm³/mol. The molecular formula is C9H15N3O2. The number of rotatable bonds is 4. The van der Waals surface area contributed by atoms with Crippen LogP contribution in [0.15, 0.2) is 6.20 Å². The zero-order valence-corrected chi connectivity index (χ0v) is 8.63. The quantitative estimate of drug-likeness (QED) is 0.759. The number of aryl methyl sites for hydroxylation is 1. The molecule has 1 amide bonds. The van der Waals surface area contributed by atoms with Crippen molar-refractivity contribution in [1.29, 1.82) is 0 Å². The summed E-state index contributed by atoms with van der Waals surface area (Å²) in [7, 11) is 0. The molecule has 1 heterocycles. The molecule has 1 aromatic rings. The lowest BCUT2D eigenvalue weighted by Gasteiger charge is -2.09. The van der Waals surface area contributed by atoms with Gasteiger partial charge in [-0.2, -0.15) is 0 Å². The molecule has 0 aliphatic rings. The molecule has 0 spiro atoms. The van der Waals surface area contributed by atoms with Gasteiger partial charge in [0.1, 0.15) is 6.10 Å². The number of aromatic nitrogens is 2. The van der Waals surface area contributed by atoms with Gasteiger partial charge in [0.25, 0.3) is 5.91 Å². The minimum Gasteiger partial charge on any atom is -0.369 e. The summed E-state index contributed by atoms with van der Waals surface area (Å²) in [5, 5.41) is 2.62. The van der Waals surface area contributed by atoms with Gasteiger partial charge in [-0.1, -0.05) is 0 Å². The Balaban J connectivity index is 2.48. The van der Waals surface area contributed by atoms with Gasteiger partial charge in [-0.15, -0.1) is 0 Å². The number of hydrogen-bond acceptors (Lipinski definition) is 3. The molecule has 0 aliphatic heterocycles. The average Bonchev–Trinajstić information content (AvgIpc) is 2.51. The van der Waals surface area contributed by atoms with E-state index in [1.54, 1.807) is 13.1 Å². The Morgan fingerprint density at radius 2 is 2.50 bits per heavy atom. The van der Waals surface area contributed by atoms with Gasteiger partial charge >= 0.3 is 0 Å². The molecule has 5 nitrogen and oxygen atoms in total. The van der Waals surface area contributed by atoms with Crippen molar-refractivity contribution in [3.05, 3.63) is 11.9 Å². The maximum Gasteiger partial charge on any atom is 0.255 e. The Labute approximate surface area is 82.9 Å². The third kappa shape index (κ3) is 2.85. The minimum atomic E-state index is -0.453. The molecule has 0 bridgehead atoms. The number of carbonyl (C=O) groups is 1. The second-order valence-electron chi connectivity index (χ2n) is 3.00. The van der Waals surface area contributed by atoms with Crippen LogP contribution in [-0.2, 0) is 9.53 Å². The van der Waals surface area contributed by atoms with Crippen molar-refractivity contribution in [3.8, 4) is 0 Å². The van der Waals surface area contributed by atoms with Gasteiger partial charge in [0, 0.05) is 18.5 Å². The molecular weight excluding hydrogens is 182 g/mol. The minimum absolute atomic E-state index is 0.193. The summed E-state index contributed by atoms with van der Waals surface area (Å²) in [6.07, 6.45) is 1.20. The van der Waals surface area contributed by atoms with E-state index in [0.29, 0.717) is 12.6 Å². The van der Waals surface area contributed by atoms with Crippen LogP contribution >= 0.6 is 0 Å². The van der Waals surface area contributed by atoms with Gasteiger partial charge in [0.05, 0.1) is 0 Å². The number of H-pyrrole nitrogens is 1. The smallest absolute Gasteiger partial charge is 0.255 e. The van der Waals surface area contributed by atoms with E-state index in [0.717, 1.165) is 5.69 Å². The molecule has 0 aliphatic carbocycles. The van der Waals surface area contributed by atoms with E-state index in [4.69, 9.17) is 4.74 Å². The second kappa shape index (κ2) is 4.76. The number of nitrogens with one attached hydrogen (secondary N) is 2. The lowest BCUT2D eigenvalue weighted by Crippen LogP contribution is -2.28. The zero-order valence-electron chi connectivity index (χ0n) is 8.63. The van der Waals surface area contributed by atoms with E-state index < -0.39 is 6.10 Å². The SMILES string of the molecule is CCO[C@H](C)C(=O)Nc1ncc(C)[nH]1. The number of anilines is 1. The Hall–Kier alpha value is -1.36. The Morgan fingerprint density at radius 3 is 3.00 bits per heavy atom. The van der Waals surface area contributed by atoms with E-state index in [9.17, 15) is 4.79 Å². The first-order valence-electron chi connectivity index (χ1n) is 4.57. The second-order valence-corrected chi connectivity index (χ2v) is 3.00. The van der Waals surface area contributed by atoms with Crippen molar-refractivity contribution in [3.63, 3.8) is 0 Å². The molecule has 0 unspecified atom stereocenters. The molecule has 0 aromatic carbocycles. The average molecular weight is 197 g/mol. The fraction of sp³-hybridized carbons (Fsp3) is 0.556. The van der Waals surface area contributed by atoms with Gasteiger partial charge in [-0.25, -0.2) is 4.98 Å². The van der Waals surface area contributed by atoms with Crippen molar-refractivity contribution in [1.82, 2.24) is 9.97 Å². The predicted octanol–water partition coefficient (Wildman–Crippen LogP) is 1.08. The summed E-state index contributed by atoms with van der Waals surface area (Å²) in [6, 6.07) is 0. The van der Waals surface area contributed by atoms with E-state index in [1.165, 1.54) is 0 Å². The van der Waals surface area contributed by atoms with Crippen LogP contribution in [-0.4, -0.2) is 28.6 Å². The number of imidazole rings is 1. The number of carbonyl (C=O) groups excluding carboxylic acids is 1. The molecule has 0 saturated heterocycles. The lowest BCUT2D eigenvalue weighted by atomic mass is 10.4. The van der Waals surface area contributed by atoms with Crippen molar-refractivity contribution in [2.75, 3.05) is 11.9 Å². The monoisotopic (exact) mass is 197 g/mol. The van der Waals surface area contributed by atoms with Crippen molar-refractivity contribution in [2.45, 2.75) is 26.9 Å².